The Balaban J connectivity index is 1.71. The normalized spacial score (nSPS) is 19.6. The van der Waals surface area contributed by atoms with Crippen LogP contribution in [0, 0.1) is 5.41 Å². The van der Waals surface area contributed by atoms with Crippen molar-refractivity contribution < 1.29 is 19.2 Å². The number of aromatic nitrogens is 5. The summed E-state index contributed by atoms with van der Waals surface area (Å²) >= 11 is 0. The first-order valence-electron chi connectivity index (χ1n) is 10.6. The van der Waals surface area contributed by atoms with Crippen LogP contribution < -0.4 is 5.56 Å². The Morgan fingerprint density at radius 3 is 2.88 bits per heavy atom. The second-order valence-electron chi connectivity index (χ2n) is 9.21. The van der Waals surface area contributed by atoms with Crippen molar-refractivity contribution in [3.8, 4) is 11.5 Å². The molecule has 4 rings (SSSR count). The van der Waals surface area contributed by atoms with E-state index in [1.54, 1.807) is 23.9 Å². The van der Waals surface area contributed by atoms with E-state index >= 15 is 0 Å². The number of carbonyl (C=O) groups is 1. The minimum Gasteiger partial charge on any atom is -0.465 e. The number of aromatic amines is 1. The minimum absolute atomic E-state index is 0.0210. The van der Waals surface area contributed by atoms with Gasteiger partial charge in [-0.3, -0.25) is 4.79 Å². The van der Waals surface area contributed by atoms with Gasteiger partial charge in [0.05, 0.1) is 18.5 Å². The van der Waals surface area contributed by atoms with Gasteiger partial charge in [-0.25, -0.2) is 9.31 Å². The number of rotatable bonds is 5. The molecule has 11 nitrogen and oxygen atoms in total. The zero-order chi connectivity index (χ0) is 23.0. The van der Waals surface area contributed by atoms with Crippen LogP contribution in [0.25, 0.3) is 17.1 Å². The van der Waals surface area contributed by atoms with E-state index in [2.05, 4.69) is 20.2 Å². The van der Waals surface area contributed by atoms with Crippen LogP contribution in [-0.4, -0.2) is 67.1 Å². The summed E-state index contributed by atoms with van der Waals surface area (Å²) in [5, 5.41) is 18.1. The Hall–Kier alpha value is -3.21. The largest absolute Gasteiger partial charge is 0.465 e. The maximum Gasteiger partial charge on any atom is 0.407 e. The molecule has 1 saturated heterocycles. The molecule has 1 fully saturated rings. The highest BCUT2D eigenvalue weighted by molar-refractivity contribution is 5.71. The maximum atomic E-state index is 12.5. The van der Waals surface area contributed by atoms with Crippen molar-refractivity contribution in [2.24, 2.45) is 5.41 Å². The molecule has 3 aromatic rings. The number of nitrogens with zero attached hydrogens (tertiary/aromatic N) is 5. The lowest BCUT2D eigenvalue weighted by Crippen LogP contribution is -2.51. The summed E-state index contributed by atoms with van der Waals surface area (Å²) in [5.74, 6) is 0.758. The van der Waals surface area contributed by atoms with Gasteiger partial charge < -0.3 is 24.3 Å². The molecule has 0 aliphatic carbocycles. The van der Waals surface area contributed by atoms with Gasteiger partial charge in [-0.2, -0.15) is 10.1 Å². The van der Waals surface area contributed by atoms with Crippen molar-refractivity contribution in [1.29, 1.82) is 0 Å². The molecule has 1 amide bonds. The lowest BCUT2D eigenvalue weighted by Gasteiger charge is -2.44. The molecule has 172 valence electrons. The van der Waals surface area contributed by atoms with Gasteiger partial charge in [-0.05, 0) is 18.3 Å². The minimum atomic E-state index is -0.915. The SMILES string of the molecule is COCCc1noc(-c2cnn3c(C4CCN(C(=O)O)C(C(C)(C)C)C4)cc(=O)[nH]c23)n1. The van der Waals surface area contributed by atoms with E-state index in [0.717, 1.165) is 5.69 Å². The fraction of sp³-hybridized carbons (Fsp3) is 0.571. The predicted octanol–water partition coefficient (Wildman–Crippen LogP) is 2.53. The Bertz CT molecular complexity index is 1170. The standard InChI is InChI=1S/C21H28N6O5/c1-21(2,3)15-9-12(5-7-26(15)20(29)30)14-10-17(28)24-18-13(11-22-27(14)18)19-23-16(25-32-19)6-8-31-4/h10-12,15H,5-9H2,1-4H3,(H,24,28)(H,29,30). The van der Waals surface area contributed by atoms with Gasteiger partial charge in [-0.1, -0.05) is 25.9 Å². The third-order valence-electron chi connectivity index (χ3n) is 6.03. The van der Waals surface area contributed by atoms with Gasteiger partial charge in [0.1, 0.15) is 11.2 Å². The summed E-state index contributed by atoms with van der Waals surface area (Å²) in [7, 11) is 1.60. The smallest absolute Gasteiger partial charge is 0.407 e. The zero-order valence-corrected chi connectivity index (χ0v) is 18.7. The highest BCUT2D eigenvalue weighted by Crippen LogP contribution is 2.39. The number of H-pyrrole nitrogens is 1. The second kappa shape index (κ2) is 8.38. The average Bonchev–Trinajstić information content (AvgIpc) is 3.37. The van der Waals surface area contributed by atoms with Gasteiger partial charge in [0, 0.05) is 38.1 Å². The summed E-state index contributed by atoms with van der Waals surface area (Å²) in [5.41, 5.74) is 1.25. The molecule has 0 saturated carbocycles. The molecule has 2 N–H and O–H groups in total. The van der Waals surface area contributed by atoms with Gasteiger partial charge in [-0.15, -0.1) is 0 Å². The molecule has 0 spiro atoms. The highest BCUT2D eigenvalue weighted by Gasteiger charge is 2.40. The quantitative estimate of drug-likeness (QED) is 0.612. The number of ether oxygens (including phenoxy) is 1. The molecule has 0 aromatic carbocycles. The first-order valence-corrected chi connectivity index (χ1v) is 10.6. The number of likely N-dealkylation sites (tertiary alicyclic amines) is 1. The molecule has 2 unspecified atom stereocenters. The average molecular weight is 444 g/mol. The molecule has 1 aliphatic rings. The van der Waals surface area contributed by atoms with Crippen LogP contribution in [0.1, 0.15) is 51.0 Å². The third-order valence-corrected chi connectivity index (χ3v) is 6.03. The molecule has 0 radical (unpaired) electrons. The number of nitrogens with one attached hydrogen (secondary N) is 1. The van der Waals surface area contributed by atoms with Crippen molar-refractivity contribution in [2.45, 2.75) is 52.0 Å². The van der Waals surface area contributed by atoms with E-state index in [4.69, 9.17) is 9.26 Å². The summed E-state index contributed by atoms with van der Waals surface area (Å²) in [6, 6.07) is 1.37. The van der Waals surface area contributed by atoms with Crippen LogP contribution in [-0.2, 0) is 11.2 Å². The summed E-state index contributed by atoms with van der Waals surface area (Å²) < 4.78 is 12.1. The van der Waals surface area contributed by atoms with E-state index in [1.807, 2.05) is 20.8 Å². The molecule has 32 heavy (non-hydrogen) atoms. The monoisotopic (exact) mass is 444 g/mol. The Morgan fingerprint density at radius 1 is 1.41 bits per heavy atom. The number of methoxy groups -OCH3 is 1. The maximum absolute atomic E-state index is 12.5. The molecule has 3 aromatic heterocycles. The number of hydrogen-bond acceptors (Lipinski definition) is 7. The summed E-state index contributed by atoms with van der Waals surface area (Å²) in [6.45, 7) is 6.97. The topological polar surface area (TPSA) is 139 Å². The van der Waals surface area contributed by atoms with Gasteiger partial charge in [0.15, 0.2) is 5.82 Å². The first kappa shape index (κ1) is 22.0. The van der Waals surface area contributed by atoms with Gasteiger partial charge >= 0.3 is 6.09 Å². The van der Waals surface area contributed by atoms with Crippen LogP contribution in [0.2, 0.25) is 0 Å². The number of fused-ring (bicyclic) bond motifs is 1. The Kier molecular flexibility index (Phi) is 5.76. The van der Waals surface area contributed by atoms with Crippen molar-refractivity contribution in [3.63, 3.8) is 0 Å². The molecule has 11 heteroatoms. The number of amides is 1. The Labute approximate surface area is 184 Å². The summed E-state index contributed by atoms with van der Waals surface area (Å²) in [6.07, 6.45) is 2.40. The van der Waals surface area contributed by atoms with Crippen molar-refractivity contribution in [1.82, 2.24) is 29.6 Å². The fourth-order valence-corrected chi connectivity index (χ4v) is 4.40. The van der Waals surface area contributed by atoms with Crippen molar-refractivity contribution in [3.05, 3.63) is 34.1 Å². The van der Waals surface area contributed by atoms with E-state index in [-0.39, 0.29) is 28.8 Å². The second-order valence-corrected chi connectivity index (χ2v) is 9.21. The van der Waals surface area contributed by atoms with Crippen LogP contribution in [0.4, 0.5) is 4.79 Å². The number of piperidine rings is 1. The van der Waals surface area contributed by atoms with E-state index < -0.39 is 6.09 Å². The van der Waals surface area contributed by atoms with E-state index in [1.165, 1.54) is 4.90 Å². The van der Waals surface area contributed by atoms with Crippen molar-refractivity contribution >= 4 is 11.7 Å². The lowest BCUT2D eigenvalue weighted by atomic mass is 9.76. The Morgan fingerprint density at radius 2 is 2.19 bits per heavy atom. The zero-order valence-electron chi connectivity index (χ0n) is 18.7. The molecular weight excluding hydrogens is 416 g/mol. The van der Waals surface area contributed by atoms with Crippen LogP contribution in [0.3, 0.4) is 0 Å². The molecule has 4 heterocycles. The number of hydrogen-bond donors (Lipinski definition) is 2. The predicted molar refractivity (Wildman–Crippen MR) is 115 cm³/mol. The number of carboxylic acid groups (broad SMARTS) is 1. The molecule has 0 bridgehead atoms. The highest BCUT2D eigenvalue weighted by atomic mass is 16.5. The van der Waals surface area contributed by atoms with E-state index in [0.29, 0.717) is 49.4 Å². The molecular formula is C21H28N6O5. The first-order chi connectivity index (χ1) is 15.2. The van der Waals surface area contributed by atoms with E-state index in [9.17, 15) is 14.7 Å². The van der Waals surface area contributed by atoms with Crippen molar-refractivity contribution in [2.75, 3.05) is 20.3 Å². The molecule has 1 aliphatic heterocycles. The molecule has 2 atom stereocenters. The van der Waals surface area contributed by atoms with Crippen LogP contribution >= 0.6 is 0 Å². The fourth-order valence-electron chi connectivity index (χ4n) is 4.40. The lowest BCUT2D eigenvalue weighted by molar-refractivity contribution is 0.0518. The van der Waals surface area contributed by atoms with Crippen LogP contribution in [0.5, 0.6) is 0 Å². The van der Waals surface area contributed by atoms with Gasteiger partial charge in [0.25, 0.3) is 11.4 Å². The summed E-state index contributed by atoms with van der Waals surface area (Å²) in [4.78, 5) is 33.0. The van der Waals surface area contributed by atoms with Crippen LogP contribution in [0.15, 0.2) is 21.6 Å². The van der Waals surface area contributed by atoms with Gasteiger partial charge in [0.2, 0.25) is 0 Å². The third kappa shape index (κ3) is 4.12.